The molecule has 0 saturated heterocycles. The van der Waals surface area contributed by atoms with E-state index in [-0.39, 0.29) is 47.3 Å². The van der Waals surface area contributed by atoms with E-state index in [4.69, 9.17) is 25.1 Å². The number of carboxylic acids is 1. The molecule has 0 spiro atoms. The fraction of sp³-hybridized carbons (Fsp3) is 0.630. The molecule has 40 heavy (non-hydrogen) atoms. The van der Waals surface area contributed by atoms with Gasteiger partial charge in [0.15, 0.2) is 5.96 Å². The predicted octanol–water partition coefficient (Wildman–Crippen LogP) is 3.41. The smallest absolute Gasteiger partial charge is 0.487 e. The summed E-state index contributed by atoms with van der Waals surface area (Å²) in [6.07, 6.45) is -2.76. The van der Waals surface area contributed by atoms with Gasteiger partial charge in [-0.05, 0) is 52.5 Å². The Hall–Kier alpha value is -3.35. The van der Waals surface area contributed by atoms with Crippen molar-refractivity contribution < 1.29 is 42.1 Å². The summed E-state index contributed by atoms with van der Waals surface area (Å²) in [5.41, 5.74) is 6.37. The number of nitrogens with two attached hydrogens (primary N) is 1. The lowest BCUT2D eigenvalue weighted by molar-refractivity contribution is -0.192. The fourth-order valence-electron chi connectivity index (χ4n) is 5.27. The highest BCUT2D eigenvalue weighted by Gasteiger charge is 2.52. The van der Waals surface area contributed by atoms with Crippen LogP contribution in [0.5, 0.6) is 5.75 Å². The van der Waals surface area contributed by atoms with Gasteiger partial charge in [-0.2, -0.15) is 13.2 Å². The van der Waals surface area contributed by atoms with Crippen LogP contribution in [0.15, 0.2) is 29.3 Å². The Morgan fingerprint density at radius 3 is 2.48 bits per heavy atom. The second-order valence-corrected chi connectivity index (χ2v) is 11.5. The summed E-state index contributed by atoms with van der Waals surface area (Å²) in [7, 11) is 1.64. The lowest BCUT2D eigenvalue weighted by atomic mass is 9.89. The van der Waals surface area contributed by atoms with Gasteiger partial charge >= 0.3 is 12.1 Å². The topological polar surface area (TPSA) is 144 Å². The van der Waals surface area contributed by atoms with Crippen LogP contribution in [0.3, 0.4) is 0 Å². The fourth-order valence-corrected chi connectivity index (χ4v) is 5.27. The maximum Gasteiger partial charge on any atom is 0.490 e. The molecular weight excluding hydrogens is 533 g/mol. The van der Waals surface area contributed by atoms with E-state index in [0.717, 1.165) is 17.7 Å². The summed E-state index contributed by atoms with van der Waals surface area (Å²) in [5, 5.41) is 10.4. The third kappa shape index (κ3) is 7.64. The van der Waals surface area contributed by atoms with Crippen molar-refractivity contribution in [3.05, 3.63) is 29.8 Å². The largest absolute Gasteiger partial charge is 0.490 e. The van der Waals surface area contributed by atoms with E-state index in [2.05, 4.69) is 10.3 Å². The number of hydrogen-bond donors (Lipinski definition) is 3. The van der Waals surface area contributed by atoms with E-state index in [1.807, 2.05) is 52.0 Å². The molecule has 1 fully saturated rings. The zero-order valence-corrected chi connectivity index (χ0v) is 23.2. The predicted molar refractivity (Wildman–Crippen MR) is 139 cm³/mol. The number of benzene rings is 1. The highest BCUT2D eigenvalue weighted by Crippen LogP contribution is 2.46. The van der Waals surface area contributed by atoms with Crippen molar-refractivity contribution in [2.24, 2.45) is 22.6 Å². The first kappa shape index (κ1) is 31.2. The zero-order chi connectivity index (χ0) is 30.0. The molecule has 3 aliphatic rings. The second kappa shape index (κ2) is 11.6. The number of aliphatic carboxylic acids is 1. The lowest BCUT2D eigenvalue weighted by Gasteiger charge is -2.38. The molecular formula is C27H37F3N4O6. The number of halogens is 3. The Morgan fingerprint density at radius 1 is 1.27 bits per heavy atom. The molecule has 10 nitrogen and oxygen atoms in total. The minimum atomic E-state index is -5.08. The molecule has 2 heterocycles. The molecule has 1 saturated carbocycles. The van der Waals surface area contributed by atoms with Crippen LogP contribution in [0, 0.1) is 11.8 Å². The van der Waals surface area contributed by atoms with Gasteiger partial charge in [0.2, 0.25) is 11.8 Å². The number of alkyl halides is 3. The van der Waals surface area contributed by atoms with Crippen LogP contribution in [0.25, 0.3) is 0 Å². The summed E-state index contributed by atoms with van der Waals surface area (Å²) in [4.78, 5) is 41.3. The molecule has 0 bridgehead atoms. The first-order valence-corrected chi connectivity index (χ1v) is 13.0. The van der Waals surface area contributed by atoms with Crippen molar-refractivity contribution in [3.8, 4) is 5.75 Å². The van der Waals surface area contributed by atoms with Crippen LogP contribution in [0.4, 0.5) is 13.2 Å². The van der Waals surface area contributed by atoms with E-state index >= 15 is 0 Å². The Bertz CT molecular complexity index is 1150. The van der Waals surface area contributed by atoms with Crippen molar-refractivity contribution in [2.75, 3.05) is 13.7 Å². The van der Waals surface area contributed by atoms with Crippen molar-refractivity contribution in [3.63, 3.8) is 0 Å². The van der Waals surface area contributed by atoms with Crippen LogP contribution in [0.1, 0.15) is 65.0 Å². The number of guanidine groups is 1. The third-order valence-corrected chi connectivity index (χ3v) is 7.07. The number of para-hydroxylation sites is 1. The van der Waals surface area contributed by atoms with Crippen molar-refractivity contribution in [2.45, 2.75) is 82.8 Å². The van der Waals surface area contributed by atoms with Crippen LogP contribution in [-0.2, 0) is 19.1 Å². The van der Waals surface area contributed by atoms with Crippen LogP contribution in [-0.4, -0.2) is 70.8 Å². The van der Waals surface area contributed by atoms with Gasteiger partial charge in [-0.1, -0.05) is 18.2 Å². The highest BCUT2D eigenvalue weighted by molar-refractivity contribution is 5.99. The number of carbonyl (C=O) groups is 3. The summed E-state index contributed by atoms with van der Waals surface area (Å²) in [5.74, 6) is -1.87. The molecule has 2 amide bonds. The van der Waals surface area contributed by atoms with Crippen LogP contribution < -0.4 is 15.8 Å². The normalized spacial score (nSPS) is 25.3. The number of ether oxygens (including phenoxy) is 2. The van der Waals surface area contributed by atoms with Gasteiger partial charge in [-0.15, -0.1) is 0 Å². The van der Waals surface area contributed by atoms with Crippen LogP contribution in [0.2, 0.25) is 0 Å². The monoisotopic (exact) mass is 570 g/mol. The first-order valence-electron chi connectivity index (χ1n) is 13.0. The highest BCUT2D eigenvalue weighted by atomic mass is 19.4. The van der Waals surface area contributed by atoms with Gasteiger partial charge in [0.1, 0.15) is 11.4 Å². The molecule has 4 rings (SSSR count). The standard InChI is InChI=1S/C25H36N4O4.C2HF3O2/c1-24(2)14-21(30)29(23(26)28-24)19(10-11-32-5)16-12-17(16)22(31)27-18-13-25(3,4)33-20-9-7-6-8-15(18)20;3-2(4,5)1(6)7/h6-9,16-19H,10-14H2,1-5H3,(H2,26,28)(H,27,31);(H,6,7)/t16-,17-,18-,19-;/m1./s1. The SMILES string of the molecule is COCC[C@H]([C@@H]1C[C@H]1C(=O)N[C@@H]1CC(C)(C)Oc2ccccc21)N1C(=O)CC(C)(C)N=C1N.O=C(O)C(F)(F)F. The molecule has 0 aromatic heterocycles. The second-order valence-electron chi connectivity index (χ2n) is 11.5. The number of hydrogen-bond acceptors (Lipinski definition) is 7. The average molecular weight is 571 g/mol. The average Bonchev–Trinajstić information content (AvgIpc) is 3.60. The quantitative estimate of drug-likeness (QED) is 0.456. The Labute approximate surface area is 231 Å². The molecule has 0 unspecified atom stereocenters. The van der Waals surface area contributed by atoms with Gasteiger partial charge in [-0.3, -0.25) is 14.5 Å². The van der Waals surface area contributed by atoms with E-state index in [0.29, 0.717) is 25.9 Å². The summed E-state index contributed by atoms with van der Waals surface area (Å²) >= 11 is 0. The Kier molecular flexibility index (Phi) is 9.07. The number of amides is 2. The number of carboxylic acid groups (broad SMARTS) is 1. The van der Waals surface area contributed by atoms with Gasteiger partial charge < -0.3 is 25.6 Å². The number of nitrogens with one attached hydrogen (secondary N) is 1. The maximum absolute atomic E-state index is 13.3. The number of fused-ring (bicyclic) bond motifs is 1. The minimum absolute atomic E-state index is 0.0141. The van der Waals surface area contributed by atoms with Crippen molar-refractivity contribution >= 4 is 23.7 Å². The molecule has 0 radical (unpaired) electrons. The number of carbonyl (C=O) groups excluding carboxylic acids is 2. The number of nitrogens with zero attached hydrogens (tertiary/aromatic N) is 2. The number of methoxy groups -OCH3 is 1. The number of aliphatic imine (C=N–C) groups is 1. The van der Waals surface area contributed by atoms with E-state index in [1.165, 1.54) is 0 Å². The van der Waals surface area contributed by atoms with Crippen LogP contribution >= 0.6 is 0 Å². The van der Waals surface area contributed by atoms with Crippen molar-refractivity contribution in [1.29, 1.82) is 0 Å². The summed E-state index contributed by atoms with van der Waals surface area (Å²) in [6, 6.07) is 7.55. The van der Waals surface area contributed by atoms with E-state index < -0.39 is 17.7 Å². The summed E-state index contributed by atoms with van der Waals surface area (Å²) in [6.45, 7) is 8.36. The first-order chi connectivity index (χ1) is 18.5. The lowest BCUT2D eigenvalue weighted by Crippen LogP contribution is -2.55. The van der Waals surface area contributed by atoms with E-state index in [9.17, 15) is 22.8 Å². The van der Waals surface area contributed by atoms with Crippen molar-refractivity contribution in [1.82, 2.24) is 10.2 Å². The minimum Gasteiger partial charge on any atom is -0.487 e. The van der Waals surface area contributed by atoms with Gasteiger partial charge in [0.05, 0.1) is 18.0 Å². The molecule has 1 aromatic carbocycles. The molecule has 13 heteroatoms. The molecule has 1 aromatic rings. The molecule has 4 atom stereocenters. The Morgan fingerprint density at radius 2 is 1.90 bits per heavy atom. The molecule has 2 aliphatic heterocycles. The third-order valence-electron chi connectivity index (χ3n) is 7.07. The van der Waals surface area contributed by atoms with Gasteiger partial charge in [0.25, 0.3) is 0 Å². The van der Waals surface area contributed by atoms with E-state index in [1.54, 1.807) is 12.0 Å². The molecule has 1 aliphatic carbocycles. The number of rotatable bonds is 7. The zero-order valence-electron chi connectivity index (χ0n) is 23.2. The molecule has 4 N–H and O–H groups in total. The van der Waals surface area contributed by atoms with Gasteiger partial charge in [-0.25, -0.2) is 9.79 Å². The maximum atomic E-state index is 13.3. The van der Waals surface area contributed by atoms with Gasteiger partial charge in [0, 0.05) is 37.7 Å². The molecule has 222 valence electrons. The summed E-state index contributed by atoms with van der Waals surface area (Å²) < 4.78 is 43.1. The Balaban J connectivity index is 0.000000559.